The van der Waals surface area contributed by atoms with Crippen molar-refractivity contribution in [3.8, 4) is 5.75 Å². The number of nitrogens with zero attached hydrogens (tertiary/aromatic N) is 1. The fourth-order valence-corrected chi connectivity index (χ4v) is 5.40. The van der Waals surface area contributed by atoms with E-state index in [-0.39, 0.29) is 17.0 Å². The quantitative estimate of drug-likeness (QED) is 0.183. The molecule has 39 heavy (non-hydrogen) atoms. The summed E-state index contributed by atoms with van der Waals surface area (Å²) in [4.78, 5) is 53.5. The van der Waals surface area contributed by atoms with Gasteiger partial charge in [0.2, 0.25) is 5.91 Å². The maximum atomic E-state index is 12.8. The number of fused-ring (bicyclic) bond motifs is 1. The molecule has 1 unspecified atom stereocenters. The highest BCUT2D eigenvalue weighted by atomic mass is 32.2. The number of carbonyl (C=O) groups is 4. The minimum atomic E-state index is -1.42. The molecule has 200 valence electrons. The van der Waals surface area contributed by atoms with Crippen LogP contribution in [0.3, 0.4) is 0 Å². The first-order valence-electron chi connectivity index (χ1n) is 11.7. The number of benzene rings is 3. The Balaban J connectivity index is 1.42. The lowest BCUT2D eigenvalue weighted by Gasteiger charge is -2.12. The number of hydrogen-bond acceptors (Lipinski definition) is 8. The van der Waals surface area contributed by atoms with Crippen molar-refractivity contribution < 1.29 is 34.1 Å². The number of ether oxygens (including phenoxy) is 1. The Morgan fingerprint density at radius 3 is 2.49 bits per heavy atom. The van der Waals surface area contributed by atoms with Crippen LogP contribution in [-0.2, 0) is 4.79 Å². The maximum Gasteiger partial charge on any atom is 0.336 e. The van der Waals surface area contributed by atoms with Crippen molar-refractivity contribution in [2.24, 2.45) is 0 Å². The topological polar surface area (TPSA) is 155 Å². The van der Waals surface area contributed by atoms with Crippen LogP contribution >= 0.6 is 23.1 Å². The Morgan fingerprint density at radius 1 is 0.974 bits per heavy atom. The van der Waals surface area contributed by atoms with Crippen molar-refractivity contribution in [2.75, 3.05) is 17.2 Å². The van der Waals surface area contributed by atoms with E-state index in [2.05, 4.69) is 15.6 Å². The predicted octanol–water partition coefficient (Wildman–Crippen LogP) is 5.46. The van der Waals surface area contributed by atoms with Crippen LogP contribution < -0.4 is 15.4 Å². The van der Waals surface area contributed by atoms with E-state index >= 15 is 0 Å². The number of rotatable bonds is 10. The molecular formula is C27H23N3O7S2. The number of amides is 2. The van der Waals surface area contributed by atoms with Gasteiger partial charge in [-0.2, -0.15) is 0 Å². The van der Waals surface area contributed by atoms with Crippen LogP contribution in [0.25, 0.3) is 10.2 Å². The van der Waals surface area contributed by atoms with Crippen LogP contribution in [0.5, 0.6) is 5.75 Å². The molecule has 12 heteroatoms. The second-order valence-electron chi connectivity index (χ2n) is 8.18. The van der Waals surface area contributed by atoms with E-state index in [4.69, 9.17) is 9.84 Å². The molecule has 0 aliphatic rings. The summed E-state index contributed by atoms with van der Waals surface area (Å²) >= 11 is 2.62. The molecule has 0 radical (unpaired) electrons. The molecule has 3 aromatic carbocycles. The molecule has 0 fully saturated rings. The number of hydrogen-bond donors (Lipinski definition) is 4. The fourth-order valence-electron chi connectivity index (χ4n) is 3.58. The highest BCUT2D eigenvalue weighted by Crippen LogP contribution is 2.31. The summed E-state index contributed by atoms with van der Waals surface area (Å²) < 4.78 is 6.40. The Bertz CT molecular complexity index is 1580. The number of aromatic carboxylic acids is 2. The lowest BCUT2D eigenvalue weighted by atomic mass is 10.0. The largest absolute Gasteiger partial charge is 0.494 e. The highest BCUT2D eigenvalue weighted by molar-refractivity contribution is 8.00. The van der Waals surface area contributed by atoms with Gasteiger partial charge in [-0.15, -0.1) is 11.8 Å². The lowest BCUT2D eigenvalue weighted by molar-refractivity contribution is -0.115. The summed E-state index contributed by atoms with van der Waals surface area (Å²) in [5.74, 6) is -2.94. The zero-order valence-electron chi connectivity index (χ0n) is 20.8. The van der Waals surface area contributed by atoms with E-state index < -0.39 is 28.7 Å². The molecule has 4 aromatic rings. The summed E-state index contributed by atoms with van der Waals surface area (Å²) in [6.07, 6.45) is 0. The molecular weight excluding hydrogens is 542 g/mol. The molecule has 10 nitrogen and oxygen atoms in total. The van der Waals surface area contributed by atoms with Gasteiger partial charge in [0.15, 0.2) is 5.13 Å². The van der Waals surface area contributed by atoms with E-state index in [1.54, 1.807) is 31.2 Å². The van der Waals surface area contributed by atoms with Crippen molar-refractivity contribution in [2.45, 2.75) is 24.0 Å². The van der Waals surface area contributed by atoms with E-state index in [1.165, 1.54) is 29.2 Å². The number of thioether (sulfide) groups is 1. The average molecular weight is 566 g/mol. The molecule has 1 atom stereocenters. The first-order valence-corrected chi connectivity index (χ1v) is 13.4. The molecule has 1 aromatic heterocycles. The molecule has 2 amide bonds. The third-order valence-electron chi connectivity index (χ3n) is 5.42. The van der Waals surface area contributed by atoms with Crippen LogP contribution in [0.15, 0.2) is 65.6 Å². The number of carbonyl (C=O) groups excluding carboxylic acids is 2. The zero-order chi connectivity index (χ0) is 28.1. The first kappa shape index (κ1) is 27.6. The van der Waals surface area contributed by atoms with Crippen molar-refractivity contribution >= 4 is 67.9 Å². The maximum absolute atomic E-state index is 12.8. The van der Waals surface area contributed by atoms with Gasteiger partial charge in [-0.05, 0) is 68.4 Å². The van der Waals surface area contributed by atoms with E-state index in [1.807, 2.05) is 25.1 Å². The molecule has 0 saturated heterocycles. The Labute approximate surface area is 231 Å². The summed E-state index contributed by atoms with van der Waals surface area (Å²) in [6.45, 7) is 4.20. The van der Waals surface area contributed by atoms with E-state index in [9.17, 15) is 24.3 Å². The van der Waals surface area contributed by atoms with Gasteiger partial charge in [0.1, 0.15) is 5.75 Å². The van der Waals surface area contributed by atoms with E-state index in [0.717, 1.165) is 28.1 Å². The first-order chi connectivity index (χ1) is 18.6. The molecule has 0 bridgehead atoms. The van der Waals surface area contributed by atoms with Gasteiger partial charge in [0.05, 0.1) is 38.8 Å². The molecule has 1 heterocycles. The molecule has 4 N–H and O–H groups in total. The number of carboxylic acids is 2. The molecule has 0 aliphatic heterocycles. The summed E-state index contributed by atoms with van der Waals surface area (Å²) in [6, 6.07) is 15.6. The number of thiazole rings is 1. The molecule has 0 aliphatic carbocycles. The highest BCUT2D eigenvalue weighted by Gasteiger charge is 2.20. The van der Waals surface area contributed by atoms with Gasteiger partial charge in [-0.25, -0.2) is 14.6 Å². The smallest absolute Gasteiger partial charge is 0.336 e. The van der Waals surface area contributed by atoms with E-state index in [0.29, 0.717) is 22.3 Å². The van der Waals surface area contributed by atoms with Crippen LogP contribution in [0, 0.1) is 0 Å². The molecule has 0 spiro atoms. The molecule has 0 saturated carbocycles. The van der Waals surface area contributed by atoms with Gasteiger partial charge in [-0.3, -0.25) is 9.59 Å². The second-order valence-corrected chi connectivity index (χ2v) is 10.6. The summed E-state index contributed by atoms with van der Waals surface area (Å²) in [7, 11) is 0. The predicted molar refractivity (Wildman–Crippen MR) is 149 cm³/mol. The standard InChI is InChI=1S/C27H23N3O7S2/c1-3-37-17-8-10-21-22(13-17)39-27(29-21)30-23(31)14(2)38-18-6-4-5-16(12-18)28-24(32)19-9-7-15(25(33)34)11-20(19)26(35)36/h4-14H,3H2,1-2H3,(H,28,32)(H,33,34)(H,35,36)(H,29,30,31). The number of nitrogens with one attached hydrogen (secondary N) is 2. The van der Waals surface area contributed by atoms with Gasteiger partial charge >= 0.3 is 11.9 Å². The third-order valence-corrected chi connectivity index (χ3v) is 7.44. The Kier molecular flexibility index (Phi) is 8.47. The van der Waals surface area contributed by atoms with Crippen molar-refractivity contribution in [3.63, 3.8) is 0 Å². The zero-order valence-corrected chi connectivity index (χ0v) is 22.4. The average Bonchev–Trinajstić information content (AvgIpc) is 3.30. The van der Waals surface area contributed by atoms with Crippen LogP contribution in [0.1, 0.15) is 44.9 Å². The van der Waals surface area contributed by atoms with Crippen molar-refractivity contribution in [1.82, 2.24) is 4.98 Å². The minimum Gasteiger partial charge on any atom is -0.494 e. The second kappa shape index (κ2) is 12.0. The van der Waals surface area contributed by atoms with Gasteiger partial charge in [0.25, 0.3) is 5.91 Å². The summed E-state index contributed by atoms with van der Waals surface area (Å²) in [5, 5.41) is 24.0. The normalized spacial score (nSPS) is 11.5. The van der Waals surface area contributed by atoms with Crippen LogP contribution in [0.2, 0.25) is 0 Å². The minimum absolute atomic E-state index is 0.178. The number of aromatic nitrogens is 1. The SMILES string of the molecule is CCOc1ccc2nc(NC(=O)C(C)Sc3cccc(NC(=O)c4ccc(C(=O)O)cc4C(=O)O)c3)sc2c1. The number of anilines is 2. The van der Waals surface area contributed by atoms with Crippen LogP contribution in [0.4, 0.5) is 10.8 Å². The fraction of sp³-hybridized carbons (Fsp3) is 0.148. The van der Waals surface area contributed by atoms with Crippen molar-refractivity contribution in [3.05, 3.63) is 77.4 Å². The third kappa shape index (κ3) is 6.72. The van der Waals surface area contributed by atoms with Gasteiger partial charge in [-0.1, -0.05) is 17.4 Å². The molecule has 4 rings (SSSR count). The van der Waals surface area contributed by atoms with Gasteiger partial charge < -0.3 is 25.6 Å². The van der Waals surface area contributed by atoms with Gasteiger partial charge in [0, 0.05) is 10.6 Å². The van der Waals surface area contributed by atoms with Crippen LogP contribution in [-0.4, -0.2) is 50.8 Å². The monoisotopic (exact) mass is 565 g/mol. The Morgan fingerprint density at radius 2 is 1.77 bits per heavy atom. The number of carboxylic acid groups (broad SMARTS) is 2. The Hall–Kier alpha value is -4.42. The summed E-state index contributed by atoms with van der Waals surface area (Å²) in [5.41, 5.74) is 0.295. The lowest BCUT2D eigenvalue weighted by Crippen LogP contribution is -2.22. The van der Waals surface area contributed by atoms with Crippen molar-refractivity contribution in [1.29, 1.82) is 0 Å².